The van der Waals surface area contributed by atoms with Crippen molar-refractivity contribution in [2.24, 2.45) is 0 Å². The summed E-state index contributed by atoms with van der Waals surface area (Å²) in [5.41, 5.74) is 1.13. The van der Waals surface area contributed by atoms with Crippen LogP contribution in [-0.2, 0) is 6.54 Å². The van der Waals surface area contributed by atoms with Crippen LogP contribution in [0.5, 0.6) is 0 Å². The molecule has 0 atom stereocenters. The highest BCUT2D eigenvalue weighted by atomic mass is 79.9. The second-order valence-electron chi connectivity index (χ2n) is 3.43. The Bertz CT molecular complexity index is 268. The molecule has 0 amide bonds. The van der Waals surface area contributed by atoms with Gasteiger partial charge in [0.1, 0.15) is 0 Å². The molecule has 1 heterocycles. The van der Waals surface area contributed by atoms with Crippen molar-refractivity contribution < 1.29 is 0 Å². The number of rotatable bonds is 6. The van der Waals surface area contributed by atoms with E-state index in [1.54, 1.807) is 0 Å². The van der Waals surface area contributed by atoms with E-state index in [-0.39, 0.29) is 0 Å². The summed E-state index contributed by atoms with van der Waals surface area (Å²) in [4.78, 5) is 6.79. The van der Waals surface area contributed by atoms with Crippen LogP contribution in [0.15, 0.2) is 22.8 Å². The second kappa shape index (κ2) is 7.36. The van der Waals surface area contributed by atoms with E-state index in [0.717, 1.165) is 35.1 Å². The Hall–Kier alpha value is 0.0700. The maximum atomic E-state index is 4.38. The normalized spacial score (nSPS) is 10.9. The van der Waals surface area contributed by atoms with E-state index >= 15 is 0 Å². The summed E-state index contributed by atoms with van der Waals surface area (Å²) < 4.78 is 1.04. The van der Waals surface area contributed by atoms with Crippen LogP contribution < -0.4 is 0 Å². The van der Waals surface area contributed by atoms with E-state index < -0.39 is 0 Å². The minimum Gasteiger partial charge on any atom is -0.297 e. The first kappa shape index (κ1) is 13.1. The van der Waals surface area contributed by atoms with Gasteiger partial charge in [0.15, 0.2) is 0 Å². The van der Waals surface area contributed by atoms with Gasteiger partial charge in [-0.2, -0.15) is 0 Å². The minimum absolute atomic E-state index is 0.937. The fourth-order valence-corrected chi connectivity index (χ4v) is 2.17. The lowest BCUT2D eigenvalue weighted by atomic mass is 10.3. The van der Waals surface area contributed by atoms with Gasteiger partial charge in [-0.1, -0.05) is 22.9 Å². The Labute approximate surface area is 108 Å². The number of alkyl halides is 1. The Morgan fingerprint density at radius 2 is 2.13 bits per heavy atom. The van der Waals surface area contributed by atoms with Crippen LogP contribution in [0.1, 0.15) is 19.0 Å². The molecule has 84 valence electrons. The summed E-state index contributed by atoms with van der Waals surface area (Å²) in [6.07, 6.45) is 3.04. The molecule has 0 aliphatic carbocycles. The van der Waals surface area contributed by atoms with Crippen LogP contribution in [-0.4, -0.2) is 28.3 Å². The molecule has 1 rings (SSSR count). The van der Waals surface area contributed by atoms with Gasteiger partial charge in [0.25, 0.3) is 0 Å². The van der Waals surface area contributed by atoms with Crippen molar-refractivity contribution in [2.45, 2.75) is 19.9 Å². The summed E-state index contributed by atoms with van der Waals surface area (Å²) in [7, 11) is 0. The van der Waals surface area contributed by atoms with Crippen molar-refractivity contribution in [1.82, 2.24) is 9.88 Å². The zero-order chi connectivity index (χ0) is 11.1. The molecule has 0 aromatic carbocycles. The Morgan fingerprint density at radius 1 is 1.33 bits per heavy atom. The van der Waals surface area contributed by atoms with Crippen molar-refractivity contribution in [3.8, 4) is 0 Å². The van der Waals surface area contributed by atoms with Crippen molar-refractivity contribution in [1.29, 1.82) is 0 Å². The van der Waals surface area contributed by atoms with E-state index in [9.17, 15) is 0 Å². The van der Waals surface area contributed by atoms with Gasteiger partial charge in [-0.3, -0.25) is 9.88 Å². The van der Waals surface area contributed by atoms with Gasteiger partial charge in [0.05, 0.1) is 5.69 Å². The number of hydrogen-bond acceptors (Lipinski definition) is 2. The van der Waals surface area contributed by atoms with E-state index in [2.05, 4.69) is 54.7 Å². The Morgan fingerprint density at radius 3 is 2.67 bits per heavy atom. The van der Waals surface area contributed by atoms with Crippen LogP contribution in [0, 0.1) is 0 Å². The van der Waals surface area contributed by atoms with Crippen LogP contribution in [0.2, 0.25) is 0 Å². The van der Waals surface area contributed by atoms with E-state index in [4.69, 9.17) is 0 Å². The molecule has 0 radical (unpaired) electrons. The monoisotopic (exact) mass is 334 g/mol. The quantitative estimate of drug-likeness (QED) is 0.740. The molecule has 0 aliphatic rings. The molecule has 0 N–H and O–H groups in total. The van der Waals surface area contributed by atoms with Crippen LogP contribution >= 0.6 is 31.9 Å². The largest absolute Gasteiger partial charge is 0.297 e. The average Bonchev–Trinajstić information content (AvgIpc) is 2.22. The highest BCUT2D eigenvalue weighted by Gasteiger charge is 2.04. The number of aromatic nitrogens is 1. The van der Waals surface area contributed by atoms with Crippen LogP contribution in [0.4, 0.5) is 0 Å². The number of nitrogens with zero attached hydrogens (tertiary/aromatic N) is 2. The minimum atomic E-state index is 0.937. The Kier molecular flexibility index (Phi) is 6.45. The molecular formula is C11H16Br2N2. The van der Waals surface area contributed by atoms with Gasteiger partial charge < -0.3 is 0 Å². The topological polar surface area (TPSA) is 16.1 Å². The molecule has 0 saturated carbocycles. The molecule has 4 heteroatoms. The SMILES string of the molecule is CCCN(CCBr)Cc1ccc(Br)cn1. The Balaban J connectivity index is 2.53. The molecule has 0 bridgehead atoms. The van der Waals surface area contributed by atoms with Crippen LogP contribution in [0.25, 0.3) is 0 Å². The number of pyridine rings is 1. The zero-order valence-electron chi connectivity index (χ0n) is 8.92. The molecule has 1 aromatic heterocycles. The smallest absolute Gasteiger partial charge is 0.0544 e. The molecule has 15 heavy (non-hydrogen) atoms. The molecule has 1 aromatic rings. The van der Waals surface area contributed by atoms with Gasteiger partial charge in [-0.05, 0) is 41.0 Å². The average molecular weight is 336 g/mol. The van der Waals surface area contributed by atoms with Crippen molar-refractivity contribution in [3.05, 3.63) is 28.5 Å². The van der Waals surface area contributed by atoms with E-state index in [1.165, 1.54) is 6.42 Å². The fourth-order valence-electron chi connectivity index (χ4n) is 1.43. The van der Waals surface area contributed by atoms with E-state index in [0.29, 0.717) is 0 Å². The molecule has 0 saturated heterocycles. The van der Waals surface area contributed by atoms with Crippen LogP contribution in [0.3, 0.4) is 0 Å². The van der Waals surface area contributed by atoms with Crippen molar-refractivity contribution in [3.63, 3.8) is 0 Å². The van der Waals surface area contributed by atoms with Gasteiger partial charge >= 0.3 is 0 Å². The highest BCUT2D eigenvalue weighted by Crippen LogP contribution is 2.09. The predicted octanol–water partition coefficient (Wildman–Crippen LogP) is 3.45. The third-order valence-corrected chi connectivity index (χ3v) is 2.94. The van der Waals surface area contributed by atoms with Crippen molar-refractivity contribution >= 4 is 31.9 Å². The second-order valence-corrected chi connectivity index (χ2v) is 5.14. The molecule has 0 fully saturated rings. The molecular weight excluding hydrogens is 320 g/mol. The predicted molar refractivity (Wildman–Crippen MR) is 71.3 cm³/mol. The first-order valence-corrected chi connectivity index (χ1v) is 7.06. The summed E-state index contributed by atoms with van der Waals surface area (Å²) in [5, 5.41) is 1.02. The summed E-state index contributed by atoms with van der Waals surface area (Å²) in [6.45, 7) is 5.35. The summed E-state index contributed by atoms with van der Waals surface area (Å²) in [5.74, 6) is 0. The lowest BCUT2D eigenvalue weighted by Crippen LogP contribution is -2.26. The van der Waals surface area contributed by atoms with Crippen molar-refractivity contribution in [2.75, 3.05) is 18.4 Å². The van der Waals surface area contributed by atoms with Gasteiger partial charge in [0.2, 0.25) is 0 Å². The van der Waals surface area contributed by atoms with Gasteiger partial charge in [-0.15, -0.1) is 0 Å². The lowest BCUT2D eigenvalue weighted by Gasteiger charge is -2.19. The first-order valence-electron chi connectivity index (χ1n) is 5.15. The number of hydrogen-bond donors (Lipinski definition) is 0. The highest BCUT2D eigenvalue weighted by molar-refractivity contribution is 9.10. The third kappa shape index (κ3) is 5.09. The first-order chi connectivity index (χ1) is 7.26. The zero-order valence-corrected chi connectivity index (χ0v) is 12.1. The molecule has 0 unspecified atom stereocenters. The third-order valence-electron chi connectivity index (χ3n) is 2.11. The molecule has 0 aliphatic heterocycles. The molecule has 2 nitrogen and oxygen atoms in total. The lowest BCUT2D eigenvalue weighted by molar-refractivity contribution is 0.280. The van der Waals surface area contributed by atoms with E-state index in [1.807, 2.05) is 12.3 Å². The molecule has 0 spiro atoms. The van der Waals surface area contributed by atoms with Gasteiger partial charge in [-0.25, -0.2) is 0 Å². The number of halogens is 2. The summed E-state index contributed by atoms with van der Waals surface area (Å²) in [6, 6.07) is 4.11. The standard InChI is InChI=1S/C11H16Br2N2/c1-2-6-15(7-5-12)9-11-4-3-10(13)8-14-11/h3-4,8H,2,5-7,9H2,1H3. The fraction of sp³-hybridized carbons (Fsp3) is 0.545. The maximum Gasteiger partial charge on any atom is 0.0544 e. The summed E-state index contributed by atoms with van der Waals surface area (Å²) >= 11 is 6.86. The maximum absolute atomic E-state index is 4.38. The van der Waals surface area contributed by atoms with Gasteiger partial charge in [0, 0.05) is 29.1 Å².